The van der Waals surface area contributed by atoms with Crippen molar-refractivity contribution in [3.63, 3.8) is 0 Å². The topological polar surface area (TPSA) is 39.1 Å². The Morgan fingerprint density at radius 3 is 2.83 bits per heavy atom. The Hall–Kier alpha value is -0.910. The molecule has 0 bridgehead atoms. The van der Waals surface area contributed by atoms with Crippen LogP contribution in [0.5, 0.6) is 0 Å². The zero-order valence-corrected chi connectivity index (χ0v) is 12.6. The number of Topliss-reactive ketones (excluding diaryl/α,β-unsaturated/α-hetero) is 1. The summed E-state index contributed by atoms with van der Waals surface area (Å²) in [6.07, 6.45) is 1.61. The van der Waals surface area contributed by atoms with E-state index in [1.54, 1.807) is 31.3 Å². The molecule has 0 atom stereocenters. The van der Waals surface area contributed by atoms with E-state index in [4.69, 9.17) is 11.6 Å². The minimum absolute atomic E-state index is 0.0238. The molecule has 0 spiro atoms. The normalized spacial score (nSPS) is 10.6. The van der Waals surface area contributed by atoms with Crippen molar-refractivity contribution in [3.8, 4) is 0 Å². The molecular weight excluding hydrogens is 338 g/mol. The lowest BCUT2D eigenvalue weighted by atomic mass is 10.3. The number of nitrogens with zero attached hydrogens (tertiary/aromatic N) is 1. The molecule has 0 aromatic carbocycles. The molecule has 0 aliphatic heterocycles. The molecule has 94 valence electrons. The van der Waals surface area contributed by atoms with Gasteiger partial charge in [0.1, 0.15) is 0 Å². The number of carbonyl (C=O) groups excluding carboxylic acids is 1. The van der Waals surface area contributed by atoms with Gasteiger partial charge in [0.2, 0.25) is 0 Å². The van der Waals surface area contributed by atoms with Crippen molar-refractivity contribution in [1.82, 2.24) is 4.57 Å². The Kier molecular flexibility index (Phi) is 4.04. The van der Waals surface area contributed by atoms with Gasteiger partial charge in [0.05, 0.1) is 15.8 Å². The summed E-state index contributed by atoms with van der Waals surface area (Å²) in [6, 6.07) is 5.07. The van der Waals surface area contributed by atoms with E-state index in [1.165, 1.54) is 15.9 Å². The number of halogens is 2. The summed E-state index contributed by atoms with van der Waals surface area (Å²) in [5, 5.41) is 0. The number of pyridine rings is 1. The SMILES string of the molecule is Cc1cc(Br)cn(CC(=O)c2ccc(Cl)s2)c1=O. The molecule has 3 nitrogen and oxygen atoms in total. The molecular formula is C12H9BrClNO2S. The lowest BCUT2D eigenvalue weighted by Crippen LogP contribution is -2.25. The van der Waals surface area contributed by atoms with E-state index >= 15 is 0 Å². The third-order valence-electron chi connectivity index (χ3n) is 2.39. The molecule has 0 radical (unpaired) electrons. The van der Waals surface area contributed by atoms with Gasteiger partial charge >= 0.3 is 0 Å². The smallest absolute Gasteiger partial charge is 0.253 e. The second-order valence-corrected chi connectivity index (χ2v) is 6.43. The highest BCUT2D eigenvalue weighted by Gasteiger charge is 2.11. The minimum Gasteiger partial charge on any atom is -0.306 e. The van der Waals surface area contributed by atoms with Crippen LogP contribution in [0.25, 0.3) is 0 Å². The Morgan fingerprint density at radius 2 is 2.22 bits per heavy atom. The standard InChI is InChI=1S/C12H9BrClNO2S/c1-7-4-8(13)5-15(12(7)17)6-9(16)10-2-3-11(14)18-10/h2-5H,6H2,1H3. The zero-order chi connectivity index (χ0) is 13.3. The lowest BCUT2D eigenvalue weighted by molar-refractivity contribution is 0.0974. The Labute approximate surface area is 121 Å². The van der Waals surface area contributed by atoms with Gasteiger partial charge in [-0.1, -0.05) is 11.6 Å². The van der Waals surface area contributed by atoms with E-state index in [2.05, 4.69) is 15.9 Å². The number of aromatic nitrogens is 1. The summed E-state index contributed by atoms with van der Waals surface area (Å²) >= 11 is 10.3. The first-order valence-electron chi connectivity index (χ1n) is 5.12. The first-order chi connectivity index (χ1) is 8.47. The molecule has 0 aliphatic carbocycles. The van der Waals surface area contributed by atoms with Crippen molar-refractivity contribution in [2.75, 3.05) is 0 Å². The van der Waals surface area contributed by atoms with Gasteiger partial charge in [0, 0.05) is 16.2 Å². The average molecular weight is 347 g/mol. The summed E-state index contributed by atoms with van der Waals surface area (Å²) in [5.41, 5.74) is 0.440. The number of ketones is 1. The van der Waals surface area contributed by atoms with Crippen molar-refractivity contribution >= 4 is 44.7 Å². The number of aryl methyl sites for hydroxylation is 1. The minimum atomic E-state index is -0.158. The number of carbonyl (C=O) groups is 1. The fourth-order valence-corrected chi connectivity index (χ4v) is 3.12. The van der Waals surface area contributed by atoms with Gasteiger partial charge < -0.3 is 4.57 Å². The van der Waals surface area contributed by atoms with Crippen LogP contribution in [0.1, 0.15) is 15.2 Å². The first-order valence-corrected chi connectivity index (χ1v) is 7.11. The maximum atomic E-state index is 12.0. The van der Waals surface area contributed by atoms with E-state index in [-0.39, 0.29) is 17.9 Å². The molecule has 0 aliphatic rings. The van der Waals surface area contributed by atoms with Crippen LogP contribution < -0.4 is 5.56 Å². The van der Waals surface area contributed by atoms with Crippen molar-refractivity contribution in [1.29, 1.82) is 0 Å². The van der Waals surface area contributed by atoms with Gasteiger partial charge in [-0.05, 0) is 41.1 Å². The van der Waals surface area contributed by atoms with Gasteiger partial charge in [-0.25, -0.2) is 0 Å². The molecule has 6 heteroatoms. The van der Waals surface area contributed by atoms with Gasteiger partial charge in [-0.3, -0.25) is 9.59 Å². The summed E-state index contributed by atoms with van der Waals surface area (Å²) < 4.78 is 2.74. The molecule has 2 aromatic rings. The number of hydrogen-bond donors (Lipinski definition) is 0. The first kappa shape index (κ1) is 13.5. The summed E-state index contributed by atoms with van der Waals surface area (Å²) in [5.74, 6) is -0.119. The highest BCUT2D eigenvalue weighted by Crippen LogP contribution is 2.22. The van der Waals surface area contributed by atoms with Crippen molar-refractivity contribution < 1.29 is 4.79 Å². The fourth-order valence-electron chi connectivity index (χ4n) is 1.55. The third kappa shape index (κ3) is 2.91. The van der Waals surface area contributed by atoms with Crippen LogP contribution in [-0.2, 0) is 6.54 Å². The second kappa shape index (κ2) is 5.38. The van der Waals surface area contributed by atoms with Crippen LogP contribution in [0.4, 0.5) is 0 Å². The van der Waals surface area contributed by atoms with Gasteiger partial charge in [-0.15, -0.1) is 11.3 Å². The maximum Gasteiger partial charge on any atom is 0.253 e. The van der Waals surface area contributed by atoms with Crippen LogP contribution >= 0.6 is 38.9 Å². The van der Waals surface area contributed by atoms with Crippen molar-refractivity contribution in [2.45, 2.75) is 13.5 Å². The Bertz CT molecular complexity index is 662. The van der Waals surface area contributed by atoms with Crippen molar-refractivity contribution in [2.24, 2.45) is 0 Å². The molecule has 0 N–H and O–H groups in total. The van der Waals surface area contributed by atoms with E-state index < -0.39 is 0 Å². The van der Waals surface area contributed by atoms with Crippen LogP contribution in [0.2, 0.25) is 4.34 Å². The molecule has 2 heterocycles. The van der Waals surface area contributed by atoms with E-state index in [1.807, 2.05) is 0 Å². The van der Waals surface area contributed by atoms with Gasteiger partial charge in [0.25, 0.3) is 5.56 Å². The Morgan fingerprint density at radius 1 is 1.50 bits per heavy atom. The maximum absolute atomic E-state index is 12.0. The fraction of sp³-hybridized carbons (Fsp3) is 0.167. The number of hydrogen-bond acceptors (Lipinski definition) is 3. The van der Waals surface area contributed by atoms with E-state index in [0.717, 1.165) is 4.47 Å². The number of thiophene rings is 1. The van der Waals surface area contributed by atoms with Crippen LogP contribution in [0.3, 0.4) is 0 Å². The monoisotopic (exact) mass is 345 g/mol. The molecule has 0 unspecified atom stereocenters. The van der Waals surface area contributed by atoms with Crippen molar-refractivity contribution in [3.05, 3.63) is 54.0 Å². The quantitative estimate of drug-likeness (QED) is 0.798. The zero-order valence-electron chi connectivity index (χ0n) is 9.44. The predicted molar refractivity (Wildman–Crippen MR) is 76.8 cm³/mol. The largest absolute Gasteiger partial charge is 0.306 e. The molecule has 0 fully saturated rings. The van der Waals surface area contributed by atoms with Crippen LogP contribution in [0.15, 0.2) is 33.7 Å². The lowest BCUT2D eigenvalue weighted by Gasteiger charge is -2.06. The highest BCUT2D eigenvalue weighted by atomic mass is 79.9. The molecule has 18 heavy (non-hydrogen) atoms. The predicted octanol–water partition coefficient (Wildman–Crippen LogP) is 3.52. The number of rotatable bonds is 3. The molecule has 0 amide bonds. The van der Waals surface area contributed by atoms with Crippen LogP contribution in [0, 0.1) is 6.92 Å². The molecule has 2 aromatic heterocycles. The summed E-state index contributed by atoms with van der Waals surface area (Å²) in [7, 11) is 0. The average Bonchev–Trinajstić information content (AvgIpc) is 2.72. The van der Waals surface area contributed by atoms with E-state index in [0.29, 0.717) is 14.8 Å². The van der Waals surface area contributed by atoms with E-state index in [9.17, 15) is 9.59 Å². The second-order valence-electron chi connectivity index (χ2n) is 3.80. The molecule has 0 saturated heterocycles. The molecule has 2 rings (SSSR count). The van der Waals surface area contributed by atoms with Gasteiger partial charge in [-0.2, -0.15) is 0 Å². The van der Waals surface area contributed by atoms with Gasteiger partial charge in [0.15, 0.2) is 5.78 Å². The van der Waals surface area contributed by atoms with Crippen LogP contribution in [-0.4, -0.2) is 10.4 Å². The summed E-state index contributed by atoms with van der Waals surface area (Å²) in [6.45, 7) is 1.74. The third-order valence-corrected chi connectivity index (χ3v) is 4.10. The summed E-state index contributed by atoms with van der Waals surface area (Å²) in [4.78, 5) is 24.4. The highest BCUT2D eigenvalue weighted by molar-refractivity contribution is 9.10. The Balaban J connectivity index is 2.30. The molecule has 0 saturated carbocycles.